The lowest BCUT2D eigenvalue weighted by molar-refractivity contribution is -0.139. The second kappa shape index (κ2) is 5.68. The maximum absolute atomic E-state index is 10.2. The molecular formula is C11H10O4. The van der Waals surface area contributed by atoms with Crippen molar-refractivity contribution in [1.82, 2.24) is 0 Å². The molecule has 1 rings (SSSR count). The lowest BCUT2D eigenvalue weighted by atomic mass is 10.2. The highest BCUT2D eigenvalue weighted by atomic mass is 16.5. The van der Waals surface area contributed by atoms with Crippen molar-refractivity contribution in [2.45, 2.75) is 0 Å². The van der Waals surface area contributed by atoms with Crippen LogP contribution in [0, 0.1) is 11.8 Å². The Labute approximate surface area is 87.1 Å². The molecule has 4 heteroatoms. The Balaban J connectivity index is 2.69. The van der Waals surface area contributed by atoms with Crippen LogP contribution in [0.5, 0.6) is 5.75 Å². The van der Waals surface area contributed by atoms with Crippen molar-refractivity contribution in [2.24, 2.45) is 0 Å². The third-order valence-corrected chi connectivity index (χ3v) is 1.51. The molecule has 0 unspecified atom stereocenters. The van der Waals surface area contributed by atoms with E-state index in [0.29, 0.717) is 11.3 Å². The van der Waals surface area contributed by atoms with Gasteiger partial charge in [-0.15, -0.1) is 0 Å². The first-order valence-electron chi connectivity index (χ1n) is 4.27. The van der Waals surface area contributed by atoms with Gasteiger partial charge in [-0.1, -0.05) is 17.9 Å². The lowest BCUT2D eigenvalue weighted by Crippen LogP contribution is -2.09. The fourth-order valence-electron chi connectivity index (χ4n) is 0.950. The minimum absolute atomic E-state index is 0.208. The van der Waals surface area contributed by atoms with Gasteiger partial charge >= 0.3 is 5.97 Å². The van der Waals surface area contributed by atoms with E-state index >= 15 is 0 Å². The van der Waals surface area contributed by atoms with Gasteiger partial charge in [0.15, 0.2) is 6.61 Å². The largest absolute Gasteiger partial charge is 0.482 e. The van der Waals surface area contributed by atoms with Gasteiger partial charge < -0.3 is 14.9 Å². The normalized spacial score (nSPS) is 8.87. The summed E-state index contributed by atoms with van der Waals surface area (Å²) in [5, 5.41) is 16.9. The number of hydrogen-bond acceptors (Lipinski definition) is 3. The quantitative estimate of drug-likeness (QED) is 0.706. The van der Waals surface area contributed by atoms with Crippen molar-refractivity contribution in [3.63, 3.8) is 0 Å². The van der Waals surface area contributed by atoms with Gasteiger partial charge in [-0.05, 0) is 18.2 Å². The van der Waals surface area contributed by atoms with Crippen LogP contribution in [-0.2, 0) is 4.79 Å². The van der Waals surface area contributed by atoms with Crippen molar-refractivity contribution in [3.05, 3.63) is 29.8 Å². The molecule has 78 valence electrons. The minimum Gasteiger partial charge on any atom is -0.482 e. The third-order valence-electron chi connectivity index (χ3n) is 1.51. The Morgan fingerprint density at radius 3 is 2.93 bits per heavy atom. The molecule has 0 aliphatic rings. The van der Waals surface area contributed by atoms with Crippen molar-refractivity contribution >= 4 is 5.97 Å². The van der Waals surface area contributed by atoms with E-state index in [0.717, 1.165) is 0 Å². The first kappa shape index (κ1) is 11.1. The zero-order chi connectivity index (χ0) is 11.1. The highest BCUT2D eigenvalue weighted by Gasteiger charge is 1.98. The zero-order valence-electron chi connectivity index (χ0n) is 7.93. The summed E-state index contributed by atoms with van der Waals surface area (Å²) < 4.78 is 4.96. The molecule has 0 atom stereocenters. The van der Waals surface area contributed by atoms with Crippen LogP contribution in [-0.4, -0.2) is 29.4 Å². The Bertz CT molecular complexity index is 401. The number of benzene rings is 1. The SMILES string of the molecule is O=C(O)COc1cccc(C#CCO)c1. The molecule has 0 aliphatic heterocycles. The van der Waals surface area contributed by atoms with E-state index < -0.39 is 5.97 Å². The number of rotatable bonds is 3. The van der Waals surface area contributed by atoms with Crippen LogP contribution in [0.25, 0.3) is 0 Å². The van der Waals surface area contributed by atoms with Crippen LogP contribution < -0.4 is 4.74 Å². The average molecular weight is 206 g/mol. The van der Waals surface area contributed by atoms with Crippen LogP contribution >= 0.6 is 0 Å². The molecule has 4 nitrogen and oxygen atoms in total. The summed E-state index contributed by atoms with van der Waals surface area (Å²) in [7, 11) is 0. The summed E-state index contributed by atoms with van der Waals surface area (Å²) in [6.07, 6.45) is 0. The Morgan fingerprint density at radius 1 is 1.47 bits per heavy atom. The predicted octanol–water partition coefficient (Wildman–Crippen LogP) is 0.494. The summed E-state index contributed by atoms with van der Waals surface area (Å²) in [5.41, 5.74) is 0.673. The number of carbonyl (C=O) groups is 1. The van der Waals surface area contributed by atoms with E-state index in [9.17, 15) is 4.79 Å². The molecule has 1 aromatic carbocycles. The molecule has 2 N–H and O–H groups in total. The van der Waals surface area contributed by atoms with Gasteiger partial charge in [-0.25, -0.2) is 4.79 Å². The van der Waals surface area contributed by atoms with Crippen molar-refractivity contribution in [2.75, 3.05) is 13.2 Å². The Hall–Kier alpha value is -1.99. The van der Waals surface area contributed by atoms with Gasteiger partial charge in [0, 0.05) is 5.56 Å². The van der Waals surface area contributed by atoms with Crippen LogP contribution in [0.4, 0.5) is 0 Å². The van der Waals surface area contributed by atoms with E-state index in [4.69, 9.17) is 14.9 Å². The molecule has 0 heterocycles. The highest BCUT2D eigenvalue weighted by Crippen LogP contribution is 2.12. The van der Waals surface area contributed by atoms with Crippen LogP contribution in [0.3, 0.4) is 0 Å². The zero-order valence-corrected chi connectivity index (χ0v) is 7.93. The average Bonchev–Trinajstić information content (AvgIpc) is 2.24. The van der Waals surface area contributed by atoms with Crippen molar-refractivity contribution in [1.29, 1.82) is 0 Å². The molecule has 0 aromatic heterocycles. The third kappa shape index (κ3) is 4.16. The van der Waals surface area contributed by atoms with E-state index in [1.54, 1.807) is 24.3 Å². The summed E-state index contributed by atoms with van der Waals surface area (Å²) in [6, 6.07) is 6.72. The molecule has 1 aromatic rings. The van der Waals surface area contributed by atoms with Gasteiger partial charge in [-0.3, -0.25) is 0 Å². The molecule has 15 heavy (non-hydrogen) atoms. The molecule has 0 saturated carbocycles. The molecule has 0 amide bonds. The number of aliphatic hydroxyl groups is 1. The second-order valence-corrected chi connectivity index (χ2v) is 2.67. The second-order valence-electron chi connectivity index (χ2n) is 2.67. The number of aliphatic carboxylic acids is 1. The molecular weight excluding hydrogens is 196 g/mol. The summed E-state index contributed by atoms with van der Waals surface area (Å²) >= 11 is 0. The molecule has 0 radical (unpaired) electrons. The van der Waals surface area contributed by atoms with E-state index in [2.05, 4.69) is 11.8 Å². The van der Waals surface area contributed by atoms with Gasteiger partial charge in [-0.2, -0.15) is 0 Å². The standard InChI is InChI=1S/C11H10O4/c12-6-2-4-9-3-1-5-10(7-9)15-8-11(13)14/h1,3,5,7,12H,6,8H2,(H,13,14). The van der Waals surface area contributed by atoms with Gasteiger partial charge in [0.05, 0.1) is 0 Å². The first-order chi connectivity index (χ1) is 7.22. The summed E-state index contributed by atoms with van der Waals surface area (Å²) in [4.78, 5) is 10.2. The molecule has 0 bridgehead atoms. The van der Waals surface area contributed by atoms with Crippen molar-refractivity contribution in [3.8, 4) is 17.6 Å². The predicted molar refractivity (Wildman–Crippen MR) is 53.5 cm³/mol. The monoisotopic (exact) mass is 206 g/mol. The summed E-state index contributed by atoms with van der Waals surface area (Å²) in [6.45, 7) is -0.586. The van der Waals surface area contributed by atoms with Crippen LogP contribution in [0.1, 0.15) is 5.56 Å². The molecule has 0 aliphatic carbocycles. The Morgan fingerprint density at radius 2 is 2.27 bits per heavy atom. The topological polar surface area (TPSA) is 66.8 Å². The van der Waals surface area contributed by atoms with E-state index in [-0.39, 0.29) is 13.2 Å². The fourth-order valence-corrected chi connectivity index (χ4v) is 0.950. The van der Waals surface area contributed by atoms with Crippen LogP contribution in [0.2, 0.25) is 0 Å². The van der Waals surface area contributed by atoms with E-state index in [1.807, 2.05) is 0 Å². The Kier molecular flexibility index (Phi) is 4.20. The highest BCUT2D eigenvalue weighted by molar-refractivity contribution is 5.68. The maximum atomic E-state index is 10.2. The number of ether oxygens (including phenoxy) is 1. The number of aliphatic hydroxyl groups excluding tert-OH is 1. The minimum atomic E-state index is -1.03. The summed E-state index contributed by atoms with van der Waals surface area (Å²) in [5.74, 6) is 4.61. The molecule has 0 spiro atoms. The van der Waals surface area contributed by atoms with Gasteiger partial charge in [0.2, 0.25) is 0 Å². The number of carboxylic acid groups (broad SMARTS) is 1. The smallest absolute Gasteiger partial charge is 0.341 e. The first-order valence-corrected chi connectivity index (χ1v) is 4.27. The van der Waals surface area contributed by atoms with E-state index in [1.165, 1.54) is 0 Å². The van der Waals surface area contributed by atoms with Gasteiger partial charge in [0.25, 0.3) is 0 Å². The lowest BCUT2D eigenvalue weighted by Gasteiger charge is -2.02. The van der Waals surface area contributed by atoms with Gasteiger partial charge in [0.1, 0.15) is 12.4 Å². The molecule has 0 fully saturated rings. The van der Waals surface area contributed by atoms with Crippen molar-refractivity contribution < 1.29 is 19.7 Å². The maximum Gasteiger partial charge on any atom is 0.341 e. The number of carboxylic acids is 1. The number of hydrogen-bond donors (Lipinski definition) is 2. The van der Waals surface area contributed by atoms with Crippen LogP contribution in [0.15, 0.2) is 24.3 Å². The molecule has 0 saturated heterocycles. The fraction of sp³-hybridized carbons (Fsp3) is 0.182.